The van der Waals surface area contributed by atoms with Gasteiger partial charge in [-0.05, 0) is 17.7 Å². The molecule has 0 saturated heterocycles. The van der Waals surface area contributed by atoms with Gasteiger partial charge in [-0.25, -0.2) is 13.6 Å². The van der Waals surface area contributed by atoms with Gasteiger partial charge in [0.15, 0.2) is 0 Å². The van der Waals surface area contributed by atoms with Crippen LogP contribution in [0.2, 0.25) is 0 Å². The Morgan fingerprint density at radius 3 is 2.71 bits per heavy atom. The number of nitrogens with one attached hydrogen (secondary N) is 1. The summed E-state index contributed by atoms with van der Waals surface area (Å²) < 4.78 is 22.2. The van der Waals surface area contributed by atoms with E-state index in [1.165, 1.54) is 12.1 Å². The second-order valence-electron chi connectivity index (χ2n) is 3.41. The smallest absolute Gasteiger partial charge is 0.238 e. The minimum Gasteiger partial charge on any atom is -0.352 e. The predicted molar refractivity (Wildman–Crippen MR) is 68.1 cm³/mol. The van der Waals surface area contributed by atoms with Crippen LogP contribution in [0.1, 0.15) is 12.0 Å². The summed E-state index contributed by atoms with van der Waals surface area (Å²) in [7, 11) is -3.69. The Balaban J connectivity index is 2.70. The van der Waals surface area contributed by atoms with Crippen molar-refractivity contribution in [3.05, 3.63) is 29.8 Å². The van der Waals surface area contributed by atoms with Crippen LogP contribution in [0.25, 0.3) is 0 Å². The zero-order chi connectivity index (χ0) is 12.9. The number of nitrogens with two attached hydrogens (primary N) is 1. The van der Waals surface area contributed by atoms with Crippen molar-refractivity contribution in [2.24, 2.45) is 5.14 Å². The van der Waals surface area contributed by atoms with Crippen LogP contribution in [0, 0.1) is 0 Å². The molecule has 0 radical (unpaired) electrons. The van der Waals surface area contributed by atoms with Crippen molar-refractivity contribution in [1.82, 2.24) is 5.32 Å². The van der Waals surface area contributed by atoms with Gasteiger partial charge in [-0.3, -0.25) is 4.79 Å². The molecule has 0 saturated carbocycles. The number of alkyl halides is 1. The van der Waals surface area contributed by atoms with Crippen LogP contribution in [-0.2, 0) is 21.4 Å². The van der Waals surface area contributed by atoms with E-state index < -0.39 is 10.0 Å². The van der Waals surface area contributed by atoms with Crippen LogP contribution >= 0.6 is 15.9 Å². The molecule has 3 N–H and O–H groups in total. The highest BCUT2D eigenvalue weighted by Crippen LogP contribution is 2.09. The molecule has 1 rings (SSSR count). The average molecular weight is 321 g/mol. The van der Waals surface area contributed by atoms with E-state index >= 15 is 0 Å². The lowest BCUT2D eigenvalue weighted by molar-refractivity contribution is -0.120. The van der Waals surface area contributed by atoms with Crippen LogP contribution < -0.4 is 10.5 Å². The predicted octanol–water partition coefficient (Wildman–Crippen LogP) is 0.735. The first-order valence-electron chi connectivity index (χ1n) is 4.88. The van der Waals surface area contributed by atoms with Crippen LogP contribution in [0.3, 0.4) is 0 Å². The molecule has 0 fully saturated rings. The normalized spacial score (nSPS) is 11.2. The molecule has 0 unspecified atom stereocenters. The lowest BCUT2D eigenvalue weighted by atomic mass is 10.2. The van der Waals surface area contributed by atoms with Crippen LogP contribution in [-0.4, -0.2) is 19.7 Å². The van der Waals surface area contributed by atoms with Gasteiger partial charge in [0.05, 0.1) is 4.90 Å². The summed E-state index contributed by atoms with van der Waals surface area (Å²) in [6, 6.07) is 6.18. The Hall–Kier alpha value is -0.920. The second-order valence-corrected chi connectivity index (χ2v) is 5.76. The number of halogens is 1. The van der Waals surface area contributed by atoms with E-state index in [0.29, 0.717) is 17.3 Å². The highest BCUT2D eigenvalue weighted by Gasteiger charge is 2.08. The summed E-state index contributed by atoms with van der Waals surface area (Å²) in [5, 5.41) is 8.28. The first-order chi connectivity index (χ1) is 7.93. The van der Waals surface area contributed by atoms with Crippen molar-refractivity contribution >= 4 is 31.9 Å². The Bertz CT molecular complexity index is 502. The van der Waals surface area contributed by atoms with E-state index in [1.54, 1.807) is 12.1 Å². The molecule has 0 heterocycles. The van der Waals surface area contributed by atoms with Gasteiger partial charge in [0.1, 0.15) is 0 Å². The van der Waals surface area contributed by atoms with Crippen molar-refractivity contribution in [3.63, 3.8) is 0 Å². The number of rotatable bonds is 5. The van der Waals surface area contributed by atoms with E-state index in [0.717, 1.165) is 0 Å². The first kappa shape index (κ1) is 14.1. The number of carbonyl (C=O) groups is 1. The van der Waals surface area contributed by atoms with Gasteiger partial charge in [0, 0.05) is 18.3 Å². The molecule has 0 aromatic heterocycles. The Morgan fingerprint density at radius 2 is 2.12 bits per heavy atom. The largest absolute Gasteiger partial charge is 0.352 e. The number of amides is 1. The number of benzene rings is 1. The molecule has 1 amide bonds. The Labute approximate surface area is 109 Å². The lowest BCUT2D eigenvalue weighted by Gasteiger charge is -2.05. The highest BCUT2D eigenvalue weighted by molar-refractivity contribution is 9.09. The maximum atomic E-state index is 11.2. The fourth-order valence-electron chi connectivity index (χ4n) is 1.21. The van der Waals surface area contributed by atoms with Gasteiger partial charge in [0.2, 0.25) is 15.9 Å². The molecule has 5 nitrogen and oxygen atoms in total. The average Bonchev–Trinajstić information content (AvgIpc) is 2.26. The zero-order valence-electron chi connectivity index (χ0n) is 9.02. The second kappa shape index (κ2) is 6.13. The van der Waals surface area contributed by atoms with Gasteiger partial charge in [-0.1, -0.05) is 28.1 Å². The van der Waals surface area contributed by atoms with Crippen molar-refractivity contribution in [3.8, 4) is 0 Å². The summed E-state index contributed by atoms with van der Waals surface area (Å²) >= 11 is 3.16. The maximum Gasteiger partial charge on any atom is 0.238 e. The van der Waals surface area contributed by atoms with E-state index in [2.05, 4.69) is 21.2 Å². The minimum absolute atomic E-state index is 0.0461. The minimum atomic E-state index is -3.69. The number of primary sulfonamides is 1. The van der Waals surface area contributed by atoms with Gasteiger partial charge in [-0.2, -0.15) is 0 Å². The summed E-state index contributed by atoms with van der Waals surface area (Å²) in [5.74, 6) is -0.0946. The topological polar surface area (TPSA) is 89.3 Å². The standard InChI is InChI=1S/C10H13BrN2O3S/c11-5-4-10(14)13-7-8-2-1-3-9(6-8)17(12,15)16/h1-3,6H,4-5,7H2,(H,13,14)(H2,12,15,16). The quantitative estimate of drug-likeness (QED) is 0.784. The van der Waals surface area contributed by atoms with Crippen molar-refractivity contribution in [1.29, 1.82) is 0 Å². The van der Waals surface area contributed by atoms with Crippen LogP contribution in [0.4, 0.5) is 0 Å². The molecule has 0 aliphatic heterocycles. The van der Waals surface area contributed by atoms with Crippen molar-refractivity contribution in [2.75, 3.05) is 5.33 Å². The third-order valence-electron chi connectivity index (χ3n) is 2.04. The Kier molecular flexibility index (Phi) is 5.10. The number of hydrogen-bond acceptors (Lipinski definition) is 3. The summed E-state index contributed by atoms with van der Waals surface area (Å²) in [6.07, 6.45) is 0.384. The number of carbonyl (C=O) groups excluding carboxylic acids is 1. The fraction of sp³-hybridized carbons (Fsp3) is 0.300. The molecule has 0 bridgehead atoms. The van der Waals surface area contributed by atoms with Gasteiger partial charge in [0.25, 0.3) is 0 Å². The molecule has 1 aromatic carbocycles. The molecule has 0 aliphatic rings. The van der Waals surface area contributed by atoms with Crippen molar-refractivity contribution in [2.45, 2.75) is 17.9 Å². The van der Waals surface area contributed by atoms with Gasteiger partial charge >= 0.3 is 0 Å². The molecular weight excluding hydrogens is 308 g/mol. The SMILES string of the molecule is NS(=O)(=O)c1cccc(CNC(=O)CCBr)c1. The monoisotopic (exact) mass is 320 g/mol. The van der Waals surface area contributed by atoms with E-state index in [-0.39, 0.29) is 17.3 Å². The van der Waals surface area contributed by atoms with Crippen molar-refractivity contribution < 1.29 is 13.2 Å². The summed E-state index contributed by atoms with van der Waals surface area (Å²) in [6.45, 7) is 0.287. The zero-order valence-corrected chi connectivity index (χ0v) is 11.4. The molecular formula is C10H13BrN2O3S. The third kappa shape index (κ3) is 4.84. The fourth-order valence-corrected chi connectivity index (χ4v) is 2.15. The van der Waals surface area contributed by atoms with E-state index in [4.69, 9.17) is 5.14 Å². The maximum absolute atomic E-state index is 11.2. The highest BCUT2D eigenvalue weighted by atomic mass is 79.9. The van der Waals surface area contributed by atoms with E-state index in [1.807, 2.05) is 0 Å². The van der Waals surface area contributed by atoms with Gasteiger partial charge < -0.3 is 5.32 Å². The molecule has 94 valence electrons. The first-order valence-corrected chi connectivity index (χ1v) is 7.54. The molecule has 0 aliphatic carbocycles. The lowest BCUT2D eigenvalue weighted by Crippen LogP contribution is -2.23. The van der Waals surface area contributed by atoms with E-state index in [9.17, 15) is 13.2 Å². The molecule has 7 heteroatoms. The van der Waals surface area contributed by atoms with Gasteiger partial charge in [-0.15, -0.1) is 0 Å². The number of hydrogen-bond donors (Lipinski definition) is 2. The molecule has 1 aromatic rings. The molecule has 0 spiro atoms. The number of sulfonamides is 1. The summed E-state index contributed by atoms with van der Waals surface area (Å²) in [4.78, 5) is 11.3. The third-order valence-corrected chi connectivity index (χ3v) is 3.35. The summed E-state index contributed by atoms with van der Waals surface area (Å²) in [5.41, 5.74) is 0.694. The molecule has 0 atom stereocenters. The van der Waals surface area contributed by atoms with Crippen LogP contribution in [0.15, 0.2) is 29.2 Å². The van der Waals surface area contributed by atoms with Crippen LogP contribution in [0.5, 0.6) is 0 Å². The Morgan fingerprint density at radius 1 is 1.41 bits per heavy atom. The molecule has 17 heavy (non-hydrogen) atoms.